The van der Waals surface area contributed by atoms with Gasteiger partial charge in [-0.15, -0.1) is 0 Å². The molecule has 0 atom stereocenters. The molecule has 4 aromatic rings. The summed E-state index contributed by atoms with van der Waals surface area (Å²) in [5.41, 5.74) is 5.55. The van der Waals surface area contributed by atoms with E-state index in [9.17, 15) is 9.18 Å². The Hall–Kier alpha value is -3.97. The van der Waals surface area contributed by atoms with Crippen LogP contribution in [0.5, 0.6) is 0 Å². The fourth-order valence-corrected chi connectivity index (χ4v) is 4.80. The highest BCUT2D eigenvalue weighted by Gasteiger charge is 2.28. The normalized spacial score (nSPS) is 12.9. The van der Waals surface area contributed by atoms with Gasteiger partial charge in [0.05, 0.1) is 12.1 Å². The Balaban J connectivity index is 1.51. The molecule has 0 unspecified atom stereocenters. The van der Waals surface area contributed by atoms with Gasteiger partial charge in [-0.2, -0.15) is 0 Å². The van der Waals surface area contributed by atoms with E-state index in [1.807, 2.05) is 30.3 Å². The van der Waals surface area contributed by atoms with Crippen LogP contribution in [-0.4, -0.2) is 42.8 Å². The summed E-state index contributed by atoms with van der Waals surface area (Å²) < 4.78 is 24.8. The van der Waals surface area contributed by atoms with Gasteiger partial charge in [0.2, 0.25) is 5.88 Å². The Morgan fingerprint density at radius 3 is 2.51 bits per heavy atom. The van der Waals surface area contributed by atoms with Crippen molar-refractivity contribution in [3.05, 3.63) is 107 Å². The lowest BCUT2D eigenvalue weighted by atomic mass is 9.99. The number of hydrogen-bond donors (Lipinski definition) is 0. The molecule has 1 aromatic heterocycles. The number of benzene rings is 3. The zero-order valence-electron chi connectivity index (χ0n) is 20.9. The molecule has 3 aromatic carbocycles. The third kappa shape index (κ3) is 5.57. The van der Waals surface area contributed by atoms with Crippen LogP contribution in [0.2, 0.25) is 0 Å². The van der Waals surface area contributed by atoms with Crippen LogP contribution in [0.25, 0.3) is 11.3 Å². The number of anilines is 1. The molecule has 1 aliphatic heterocycles. The minimum atomic E-state index is -0.374. The molecule has 0 saturated carbocycles. The maximum Gasteiger partial charge on any atom is 0.254 e. The molecule has 0 aliphatic carbocycles. The van der Waals surface area contributed by atoms with E-state index in [4.69, 9.17) is 9.26 Å². The molecular formula is C30H30FN3O3. The van der Waals surface area contributed by atoms with Crippen molar-refractivity contribution in [2.45, 2.75) is 25.9 Å². The summed E-state index contributed by atoms with van der Waals surface area (Å²) in [7, 11) is 1.64. The molecule has 1 amide bonds. The molecule has 0 radical (unpaired) electrons. The Kier molecular flexibility index (Phi) is 7.61. The molecule has 5 rings (SSSR count). The molecule has 6 nitrogen and oxygen atoms in total. The van der Waals surface area contributed by atoms with E-state index < -0.39 is 0 Å². The number of carbonyl (C=O) groups is 1. The number of methoxy groups -OCH3 is 1. The first-order valence-corrected chi connectivity index (χ1v) is 12.5. The van der Waals surface area contributed by atoms with Crippen LogP contribution in [-0.2, 0) is 24.2 Å². The zero-order valence-corrected chi connectivity index (χ0v) is 20.9. The molecule has 0 spiro atoms. The molecule has 0 N–H and O–H groups in total. The Bertz CT molecular complexity index is 1340. The van der Waals surface area contributed by atoms with Crippen molar-refractivity contribution in [3.8, 4) is 11.3 Å². The first-order chi connectivity index (χ1) is 18.1. The molecule has 2 heterocycles. The molecule has 190 valence electrons. The zero-order chi connectivity index (χ0) is 25.6. The number of rotatable bonds is 9. The van der Waals surface area contributed by atoms with Crippen LogP contribution in [0, 0.1) is 5.82 Å². The number of aromatic nitrogens is 1. The number of nitrogens with zero attached hydrogens (tertiary/aromatic N) is 3. The van der Waals surface area contributed by atoms with E-state index in [-0.39, 0.29) is 11.7 Å². The van der Waals surface area contributed by atoms with Crippen molar-refractivity contribution in [3.63, 3.8) is 0 Å². The van der Waals surface area contributed by atoms with Gasteiger partial charge in [-0.1, -0.05) is 59.8 Å². The van der Waals surface area contributed by atoms with Crippen molar-refractivity contribution in [1.29, 1.82) is 0 Å². The Labute approximate surface area is 216 Å². The quantitative estimate of drug-likeness (QED) is 0.276. The molecule has 7 heteroatoms. The van der Waals surface area contributed by atoms with Crippen LogP contribution in [0.3, 0.4) is 0 Å². The average Bonchev–Trinajstić information content (AvgIpc) is 3.36. The second kappa shape index (κ2) is 11.4. The summed E-state index contributed by atoms with van der Waals surface area (Å²) in [6, 6.07) is 24.0. The maximum absolute atomic E-state index is 13.6. The smallest absolute Gasteiger partial charge is 0.254 e. The third-order valence-corrected chi connectivity index (χ3v) is 6.74. The molecule has 0 fully saturated rings. The van der Waals surface area contributed by atoms with Crippen LogP contribution in [0.4, 0.5) is 10.3 Å². The number of fused-ring (bicyclic) bond motifs is 1. The summed E-state index contributed by atoms with van der Waals surface area (Å²) in [6.07, 6.45) is 1.57. The standard InChI is InChI=1S/C30H30FN3O3/c1-36-19-7-17-33(29(35)24-12-14-26(31)15-13-24)21-27-28(23-9-3-2-4-10-23)32-37-30(27)34-18-16-22-8-5-6-11-25(22)20-34/h2-6,8-15H,7,16-21H2,1H3. The minimum absolute atomic E-state index is 0.175. The van der Waals surface area contributed by atoms with E-state index in [1.54, 1.807) is 12.0 Å². The average molecular weight is 500 g/mol. The predicted molar refractivity (Wildman–Crippen MR) is 141 cm³/mol. The first kappa shape index (κ1) is 24.7. The number of amides is 1. The molecular weight excluding hydrogens is 469 g/mol. The van der Waals surface area contributed by atoms with Gasteiger partial charge in [-0.25, -0.2) is 4.39 Å². The lowest BCUT2D eigenvalue weighted by molar-refractivity contribution is 0.0724. The van der Waals surface area contributed by atoms with Crippen LogP contribution in [0.15, 0.2) is 83.4 Å². The Morgan fingerprint density at radius 1 is 1.03 bits per heavy atom. The highest BCUT2D eigenvalue weighted by atomic mass is 19.1. The predicted octanol–water partition coefficient (Wildman–Crippen LogP) is 5.72. The van der Waals surface area contributed by atoms with Gasteiger partial charge < -0.3 is 19.1 Å². The second-order valence-corrected chi connectivity index (χ2v) is 9.20. The van der Waals surface area contributed by atoms with E-state index in [1.165, 1.54) is 35.4 Å². The van der Waals surface area contributed by atoms with E-state index in [2.05, 4.69) is 34.3 Å². The summed E-state index contributed by atoms with van der Waals surface area (Å²) in [4.78, 5) is 17.5. The highest BCUT2D eigenvalue weighted by molar-refractivity contribution is 5.94. The molecule has 37 heavy (non-hydrogen) atoms. The van der Waals surface area contributed by atoms with Crippen molar-refractivity contribution in [1.82, 2.24) is 10.1 Å². The molecule has 0 saturated heterocycles. The third-order valence-electron chi connectivity index (χ3n) is 6.74. The van der Waals surface area contributed by atoms with Gasteiger partial charge in [-0.05, 0) is 48.2 Å². The number of hydrogen-bond acceptors (Lipinski definition) is 5. The molecule has 0 bridgehead atoms. The number of ether oxygens (including phenoxy) is 1. The summed E-state index contributed by atoms with van der Waals surface area (Å²) in [5, 5.41) is 4.48. The largest absolute Gasteiger partial charge is 0.385 e. The van der Waals surface area contributed by atoms with Gasteiger partial charge in [0.15, 0.2) is 0 Å². The topological polar surface area (TPSA) is 58.8 Å². The van der Waals surface area contributed by atoms with Crippen LogP contribution in [0.1, 0.15) is 33.5 Å². The minimum Gasteiger partial charge on any atom is -0.385 e. The fourth-order valence-electron chi connectivity index (χ4n) is 4.80. The first-order valence-electron chi connectivity index (χ1n) is 12.5. The van der Waals surface area contributed by atoms with Crippen molar-refractivity contribution in [2.75, 3.05) is 31.7 Å². The highest BCUT2D eigenvalue weighted by Crippen LogP contribution is 2.35. The van der Waals surface area contributed by atoms with Gasteiger partial charge in [-0.3, -0.25) is 4.79 Å². The maximum atomic E-state index is 13.6. The Morgan fingerprint density at radius 2 is 1.76 bits per heavy atom. The van der Waals surface area contributed by atoms with Gasteiger partial charge >= 0.3 is 0 Å². The number of carbonyl (C=O) groups excluding carboxylic acids is 1. The van der Waals surface area contributed by atoms with Crippen molar-refractivity contribution < 1.29 is 18.4 Å². The second-order valence-electron chi connectivity index (χ2n) is 9.20. The van der Waals surface area contributed by atoms with Gasteiger partial charge in [0.25, 0.3) is 5.91 Å². The van der Waals surface area contributed by atoms with Crippen molar-refractivity contribution >= 4 is 11.8 Å². The van der Waals surface area contributed by atoms with E-state index in [0.717, 1.165) is 29.8 Å². The summed E-state index contributed by atoms with van der Waals surface area (Å²) in [5.74, 6) is 0.129. The summed E-state index contributed by atoms with van der Waals surface area (Å²) in [6.45, 7) is 2.82. The van der Waals surface area contributed by atoms with Crippen molar-refractivity contribution in [2.24, 2.45) is 0 Å². The lowest BCUT2D eigenvalue weighted by Crippen LogP contribution is -2.34. The van der Waals surface area contributed by atoms with Crippen LogP contribution < -0.4 is 4.90 Å². The SMILES string of the molecule is COCCCN(Cc1c(-c2ccccc2)noc1N1CCc2ccccc2C1)C(=O)c1ccc(F)cc1. The molecule has 1 aliphatic rings. The number of halogens is 1. The van der Waals surface area contributed by atoms with Gasteiger partial charge in [0, 0.05) is 44.5 Å². The summed E-state index contributed by atoms with van der Waals surface area (Å²) >= 11 is 0. The van der Waals surface area contributed by atoms with E-state index in [0.29, 0.717) is 44.1 Å². The van der Waals surface area contributed by atoms with Gasteiger partial charge in [0.1, 0.15) is 11.5 Å². The van der Waals surface area contributed by atoms with Crippen LogP contribution >= 0.6 is 0 Å². The van der Waals surface area contributed by atoms with E-state index >= 15 is 0 Å². The fraction of sp³-hybridized carbons (Fsp3) is 0.267. The lowest BCUT2D eigenvalue weighted by Gasteiger charge is -2.30. The monoisotopic (exact) mass is 499 g/mol.